The molecule has 1 fully saturated rings. The normalized spacial score (nSPS) is 14.9. The van der Waals surface area contributed by atoms with Gasteiger partial charge in [0.2, 0.25) is 0 Å². The van der Waals surface area contributed by atoms with Gasteiger partial charge in [-0.1, -0.05) is 42.8 Å². The van der Waals surface area contributed by atoms with Gasteiger partial charge in [-0.05, 0) is 68.0 Å². The minimum Gasteiger partial charge on any atom is -0.349 e. The molecular formula is C25H26ClN3O. The number of nitrogens with one attached hydrogen (secondary N) is 2. The Morgan fingerprint density at radius 3 is 2.77 bits per heavy atom. The third-order valence-corrected chi connectivity index (χ3v) is 5.66. The molecule has 30 heavy (non-hydrogen) atoms. The van der Waals surface area contributed by atoms with Crippen LogP contribution in [0.15, 0.2) is 48.7 Å². The summed E-state index contributed by atoms with van der Waals surface area (Å²) in [4.78, 5) is 20.6. The number of carbonyl (C=O) groups excluding carboxylic acids is 1. The number of nitrogens with zero attached hydrogens (tertiary/aromatic N) is 1. The van der Waals surface area contributed by atoms with Gasteiger partial charge in [-0.2, -0.15) is 0 Å². The Labute approximate surface area is 182 Å². The van der Waals surface area contributed by atoms with Gasteiger partial charge in [0.1, 0.15) is 5.65 Å². The van der Waals surface area contributed by atoms with E-state index in [1.807, 2.05) is 50.4 Å². The number of rotatable bonds is 6. The van der Waals surface area contributed by atoms with Crippen LogP contribution in [0.1, 0.15) is 65.9 Å². The van der Waals surface area contributed by atoms with Crippen molar-refractivity contribution in [3.05, 3.63) is 76.6 Å². The lowest BCUT2D eigenvalue weighted by Crippen LogP contribution is -2.25. The second-order valence-corrected chi connectivity index (χ2v) is 8.18. The van der Waals surface area contributed by atoms with Crippen molar-refractivity contribution < 1.29 is 4.79 Å². The van der Waals surface area contributed by atoms with E-state index >= 15 is 0 Å². The molecule has 1 saturated carbocycles. The van der Waals surface area contributed by atoms with E-state index in [2.05, 4.69) is 34.4 Å². The second kappa shape index (κ2) is 8.49. The molecule has 0 saturated heterocycles. The molecule has 2 aromatic heterocycles. The van der Waals surface area contributed by atoms with Gasteiger partial charge < -0.3 is 10.3 Å². The summed E-state index contributed by atoms with van der Waals surface area (Å²) in [5.41, 5.74) is 6.42. The van der Waals surface area contributed by atoms with Crippen LogP contribution in [-0.2, 0) is 0 Å². The number of hydrogen-bond acceptors (Lipinski definition) is 2. The van der Waals surface area contributed by atoms with Crippen LogP contribution in [0.25, 0.3) is 21.6 Å². The van der Waals surface area contributed by atoms with E-state index in [4.69, 9.17) is 11.6 Å². The van der Waals surface area contributed by atoms with Gasteiger partial charge in [0.15, 0.2) is 0 Å². The van der Waals surface area contributed by atoms with Crippen molar-refractivity contribution in [3.63, 3.8) is 0 Å². The number of fused-ring (bicyclic) bond motifs is 1. The largest absolute Gasteiger partial charge is 0.349 e. The van der Waals surface area contributed by atoms with Crippen LogP contribution in [0.5, 0.6) is 0 Å². The molecule has 4 rings (SSSR count). The summed E-state index contributed by atoms with van der Waals surface area (Å²) in [5.74, 6) is -0.0182. The number of carbonyl (C=O) groups is 1. The number of halogens is 1. The van der Waals surface area contributed by atoms with Gasteiger partial charge >= 0.3 is 0 Å². The Hall–Kier alpha value is -2.85. The molecule has 1 aromatic carbocycles. The molecule has 0 aliphatic heterocycles. The fourth-order valence-electron chi connectivity index (χ4n) is 3.69. The highest BCUT2D eigenvalue weighted by Gasteiger charge is 2.24. The molecule has 0 bridgehead atoms. The fourth-order valence-corrected chi connectivity index (χ4v) is 3.99. The van der Waals surface area contributed by atoms with Crippen molar-refractivity contribution in [1.82, 2.24) is 15.3 Å². The Morgan fingerprint density at radius 2 is 2.07 bits per heavy atom. The topological polar surface area (TPSA) is 57.8 Å². The Morgan fingerprint density at radius 1 is 1.30 bits per heavy atom. The first-order chi connectivity index (χ1) is 14.5. The predicted octanol–water partition coefficient (Wildman–Crippen LogP) is 6.20. The minimum absolute atomic E-state index is 0.0182. The first-order valence-electron chi connectivity index (χ1n) is 10.4. The molecule has 0 radical (unpaired) electrons. The van der Waals surface area contributed by atoms with Gasteiger partial charge in [0.25, 0.3) is 5.91 Å². The molecule has 154 valence electrons. The van der Waals surface area contributed by atoms with E-state index in [1.165, 1.54) is 0 Å². The van der Waals surface area contributed by atoms with Crippen LogP contribution in [0, 0.1) is 6.92 Å². The highest BCUT2D eigenvalue weighted by atomic mass is 35.5. The lowest BCUT2D eigenvalue weighted by molar-refractivity contribution is 0.0951. The van der Waals surface area contributed by atoms with E-state index in [9.17, 15) is 4.79 Å². The average Bonchev–Trinajstić information content (AvgIpc) is 3.48. The molecule has 0 unspecified atom stereocenters. The summed E-state index contributed by atoms with van der Waals surface area (Å²) in [6.07, 6.45) is 8.89. The second-order valence-electron chi connectivity index (χ2n) is 7.78. The van der Waals surface area contributed by atoms with Gasteiger partial charge in [0, 0.05) is 28.8 Å². The molecular weight excluding hydrogens is 394 g/mol. The Kier molecular flexibility index (Phi) is 5.78. The fraction of sp³-hybridized carbons (Fsp3) is 0.280. The van der Waals surface area contributed by atoms with Crippen molar-refractivity contribution in [2.24, 2.45) is 0 Å². The van der Waals surface area contributed by atoms with E-state index < -0.39 is 0 Å². The molecule has 1 aliphatic carbocycles. The molecule has 0 spiro atoms. The Bertz CT molecular complexity index is 1170. The lowest BCUT2D eigenvalue weighted by Gasteiger charge is -2.12. The van der Waals surface area contributed by atoms with Crippen LogP contribution >= 0.6 is 11.6 Å². The number of pyridine rings is 1. The van der Waals surface area contributed by atoms with Crippen LogP contribution in [0.2, 0.25) is 0 Å². The number of benzene rings is 1. The lowest BCUT2D eigenvalue weighted by atomic mass is 9.93. The average molecular weight is 420 g/mol. The van der Waals surface area contributed by atoms with Gasteiger partial charge in [0.05, 0.1) is 10.7 Å². The van der Waals surface area contributed by atoms with Crippen molar-refractivity contribution >= 4 is 39.1 Å². The third-order valence-electron chi connectivity index (χ3n) is 5.32. The molecule has 3 aromatic rings. The first-order valence-corrected chi connectivity index (χ1v) is 10.8. The molecule has 4 nitrogen and oxygen atoms in total. The maximum atomic E-state index is 12.6. The SMILES string of the molecule is C/C=C(/c1cccc(C(=O)NC2CC2)c1)c1c(/C(Cl)=C/CC)[nH]c2ncc(C)cc12. The van der Waals surface area contributed by atoms with Crippen molar-refractivity contribution in [1.29, 1.82) is 0 Å². The molecule has 0 atom stereocenters. The number of aromatic nitrogens is 2. The zero-order valence-corrected chi connectivity index (χ0v) is 18.3. The zero-order valence-electron chi connectivity index (χ0n) is 17.6. The van der Waals surface area contributed by atoms with Crippen molar-refractivity contribution in [2.75, 3.05) is 0 Å². The van der Waals surface area contributed by atoms with Gasteiger partial charge in [-0.15, -0.1) is 0 Å². The smallest absolute Gasteiger partial charge is 0.251 e. The number of aromatic amines is 1. The van der Waals surface area contributed by atoms with Crippen LogP contribution in [-0.4, -0.2) is 21.9 Å². The quantitative estimate of drug-likeness (QED) is 0.499. The van der Waals surface area contributed by atoms with Crippen molar-refractivity contribution in [3.8, 4) is 0 Å². The highest BCUT2D eigenvalue weighted by Crippen LogP contribution is 2.37. The number of aryl methyl sites for hydroxylation is 1. The number of amides is 1. The number of allylic oxidation sites excluding steroid dienone is 2. The summed E-state index contributed by atoms with van der Waals surface area (Å²) in [6.45, 7) is 6.10. The van der Waals surface area contributed by atoms with E-state index in [0.29, 0.717) is 16.6 Å². The summed E-state index contributed by atoms with van der Waals surface area (Å²) >= 11 is 6.67. The molecule has 1 aliphatic rings. The number of hydrogen-bond donors (Lipinski definition) is 2. The van der Waals surface area contributed by atoms with Crippen LogP contribution in [0.3, 0.4) is 0 Å². The van der Waals surface area contributed by atoms with E-state index in [-0.39, 0.29) is 5.91 Å². The summed E-state index contributed by atoms with van der Waals surface area (Å²) in [5, 5.41) is 4.76. The van der Waals surface area contributed by atoms with Crippen molar-refractivity contribution in [2.45, 2.75) is 46.1 Å². The third kappa shape index (κ3) is 4.05. The summed E-state index contributed by atoms with van der Waals surface area (Å²) in [7, 11) is 0. The Balaban J connectivity index is 1.85. The maximum Gasteiger partial charge on any atom is 0.251 e. The minimum atomic E-state index is -0.0182. The molecule has 5 heteroatoms. The van der Waals surface area contributed by atoms with Gasteiger partial charge in [-0.25, -0.2) is 4.98 Å². The van der Waals surface area contributed by atoms with E-state index in [0.717, 1.165) is 58.3 Å². The zero-order chi connectivity index (χ0) is 21.3. The summed E-state index contributed by atoms with van der Waals surface area (Å²) < 4.78 is 0. The summed E-state index contributed by atoms with van der Waals surface area (Å²) in [6, 6.07) is 10.2. The maximum absolute atomic E-state index is 12.6. The first kappa shape index (κ1) is 20.4. The highest BCUT2D eigenvalue weighted by molar-refractivity contribution is 6.49. The molecule has 1 amide bonds. The predicted molar refractivity (Wildman–Crippen MR) is 125 cm³/mol. The van der Waals surface area contributed by atoms with Crippen LogP contribution in [0.4, 0.5) is 0 Å². The van der Waals surface area contributed by atoms with Gasteiger partial charge in [-0.3, -0.25) is 4.79 Å². The standard InChI is InChI=1S/C25H26ClN3O/c1-4-7-21(26)23-22(20-12-15(3)14-27-24(20)29-23)19(5-2)16-8-6-9-17(13-16)25(30)28-18-10-11-18/h5-9,12-14,18H,4,10-11H2,1-3H3,(H,27,29)(H,28,30)/b19-5-,21-7-. The monoisotopic (exact) mass is 419 g/mol. The van der Waals surface area contributed by atoms with E-state index in [1.54, 1.807) is 0 Å². The molecule has 2 N–H and O–H groups in total. The van der Waals surface area contributed by atoms with Crippen LogP contribution < -0.4 is 5.32 Å². The molecule has 2 heterocycles. The number of H-pyrrole nitrogens is 1.